The number of hydrogen-bond donors (Lipinski definition) is 2. The van der Waals surface area contributed by atoms with Crippen LogP contribution in [0.25, 0.3) is 0 Å². The summed E-state index contributed by atoms with van der Waals surface area (Å²) < 4.78 is 38.1. The Bertz CT molecular complexity index is 1210. The highest BCUT2D eigenvalue weighted by molar-refractivity contribution is 7.92. The van der Waals surface area contributed by atoms with Gasteiger partial charge in [-0.15, -0.1) is 0 Å². The third-order valence-corrected chi connectivity index (χ3v) is 6.64. The van der Waals surface area contributed by atoms with Crippen LogP contribution >= 0.6 is 11.6 Å². The number of ketones is 1. The lowest BCUT2D eigenvalue weighted by Gasteiger charge is -2.09. The van der Waals surface area contributed by atoms with E-state index in [-0.39, 0.29) is 33.7 Å². The zero-order valence-electron chi connectivity index (χ0n) is 15.7. The molecule has 1 aromatic carbocycles. The van der Waals surface area contributed by atoms with Crippen LogP contribution in [0.3, 0.4) is 0 Å². The summed E-state index contributed by atoms with van der Waals surface area (Å²) in [5.41, 5.74) is 4.30. The minimum atomic E-state index is -4.11. The molecule has 0 atom stereocenters. The first kappa shape index (κ1) is 19.7. The summed E-state index contributed by atoms with van der Waals surface area (Å²) in [5, 5.41) is 3.68. The Balaban J connectivity index is 1.60. The number of ether oxygens (including phenoxy) is 1. The van der Waals surface area contributed by atoms with Gasteiger partial charge in [0.1, 0.15) is 21.3 Å². The number of H-pyrrole nitrogens is 1. The Hall–Kier alpha value is -2.62. The number of fused-ring (bicyclic) bond motifs is 1. The molecule has 0 saturated carbocycles. The fraction of sp³-hybridized carbons (Fsp3) is 0.263. The maximum absolute atomic E-state index is 12.9. The van der Waals surface area contributed by atoms with Crippen LogP contribution in [0.15, 0.2) is 33.8 Å². The molecule has 10 heteroatoms. The summed E-state index contributed by atoms with van der Waals surface area (Å²) in [6, 6.07) is 5.27. The summed E-state index contributed by atoms with van der Waals surface area (Å²) in [6.07, 6.45) is 1.46. The maximum atomic E-state index is 12.9. The van der Waals surface area contributed by atoms with Gasteiger partial charge in [-0.25, -0.2) is 13.1 Å². The van der Waals surface area contributed by atoms with Gasteiger partial charge < -0.3 is 14.2 Å². The predicted molar refractivity (Wildman–Crippen MR) is 106 cm³/mol. The van der Waals surface area contributed by atoms with Crippen molar-refractivity contribution in [2.24, 2.45) is 0 Å². The first-order valence-corrected chi connectivity index (χ1v) is 10.7. The predicted octanol–water partition coefficient (Wildman–Crippen LogP) is 3.53. The normalized spacial score (nSPS) is 13.5. The van der Waals surface area contributed by atoms with Gasteiger partial charge in [-0.05, 0) is 42.2 Å². The number of rotatable bonds is 6. The number of carbonyl (C=O) groups excluding carboxylic acids is 1. The topological polar surface area (TPSA) is 114 Å². The Morgan fingerprint density at radius 1 is 1.28 bits per heavy atom. The third kappa shape index (κ3) is 3.68. The Morgan fingerprint density at radius 2 is 2.00 bits per heavy atom. The number of aromatic amines is 1. The third-order valence-electron chi connectivity index (χ3n) is 4.82. The fourth-order valence-corrected chi connectivity index (χ4v) is 4.61. The van der Waals surface area contributed by atoms with E-state index in [2.05, 4.69) is 14.9 Å². The highest BCUT2D eigenvalue weighted by atomic mass is 35.5. The van der Waals surface area contributed by atoms with Crippen molar-refractivity contribution in [1.29, 1.82) is 0 Å². The van der Waals surface area contributed by atoms with Gasteiger partial charge >= 0.3 is 0 Å². The quantitative estimate of drug-likeness (QED) is 0.572. The van der Waals surface area contributed by atoms with Crippen molar-refractivity contribution >= 4 is 33.3 Å². The van der Waals surface area contributed by atoms with Crippen LogP contribution in [-0.4, -0.2) is 24.3 Å². The summed E-state index contributed by atoms with van der Waals surface area (Å²) in [6.45, 7) is 4.58. The minimum Gasteiger partial charge on any atom is -0.372 e. The van der Waals surface area contributed by atoms with E-state index in [0.717, 1.165) is 22.3 Å². The van der Waals surface area contributed by atoms with E-state index in [0.29, 0.717) is 18.9 Å². The fourth-order valence-electron chi connectivity index (χ4n) is 3.25. The molecule has 0 unspecified atom stereocenters. The van der Waals surface area contributed by atoms with Gasteiger partial charge in [0.25, 0.3) is 15.9 Å². The summed E-state index contributed by atoms with van der Waals surface area (Å²) >= 11 is 5.98. The molecule has 0 amide bonds. The minimum absolute atomic E-state index is 0.0130. The molecule has 0 fully saturated rings. The van der Waals surface area contributed by atoms with Crippen molar-refractivity contribution < 1.29 is 22.5 Å². The number of nitrogens with zero attached hydrogens (tertiary/aromatic N) is 1. The zero-order chi connectivity index (χ0) is 20.8. The van der Waals surface area contributed by atoms with Crippen LogP contribution in [0.1, 0.15) is 38.4 Å². The molecule has 2 aromatic heterocycles. The zero-order valence-corrected chi connectivity index (χ0v) is 17.3. The standard InChI is InChI=1S/C19H18ClN3O5S/c1-10-5-13-8-27-9-14(13)6-12(10)7-15(24)18-16(3-4-21-18)29(25,26)23-19-17(20)11(2)22-28-19/h3-6,21,23H,7-9H2,1-2H3. The molecule has 1 aliphatic heterocycles. The van der Waals surface area contributed by atoms with Crippen LogP contribution < -0.4 is 4.72 Å². The van der Waals surface area contributed by atoms with Crippen molar-refractivity contribution in [3.8, 4) is 0 Å². The molecule has 0 radical (unpaired) electrons. The van der Waals surface area contributed by atoms with Gasteiger partial charge in [0, 0.05) is 12.6 Å². The van der Waals surface area contributed by atoms with Crippen LogP contribution in [0.4, 0.5) is 5.88 Å². The van der Waals surface area contributed by atoms with Crippen molar-refractivity contribution in [3.63, 3.8) is 0 Å². The monoisotopic (exact) mass is 435 g/mol. The SMILES string of the molecule is Cc1cc2c(cc1CC(=O)c1[nH]ccc1S(=O)(=O)Nc1onc(C)c1Cl)COC2. The van der Waals surface area contributed by atoms with E-state index >= 15 is 0 Å². The molecule has 4 rings (SSSR count). The van der Waals surface area contributed by atoms with E-state index in [1.54, 1.807) is 6.92 Å². The average Bonchev–Trinajstić information content (AvgIpc) is 3.39. The number of sulfonamides is 1. The Morgan fingerprint density at radius 3 is 2.69 bits per heavy atom. The largest absolute Gasteiger partial charge is 0.372 e. The molecule has 3 heterocycles. The van der Waals surface area contributed by atoms with Gasteiger partial charge in [0.15, 0.2) is 5.78 Å². The number of aryl methyl sites for hydroxylation is 2. The molecule has 29 heavy (non-hydrogen) atoms. The lowest BCUT2D eigenvalue weighted by molar-refractivity contribution is 0.0985. The highest BCUT2D eigenvalue weighted by Gasteiger charge is 2.27. The number of nitrogens with one attached hydrogen (secondary N) is 2. The first-order valence-electron chi connectivity index (χ1n) is 8.80. The molecule has 0 saturated heterocycles. The van der Waals surface area contributed by atoms with E-state index in [9.17, 15) is 13.2 Å². The molecule has 0 spiro atoms. The molecule has 0 bridgehead atoms. The Kier molecular flexibility index (Phi) is 4.97. The number of halogens is 1. The smallest absolute Gasteiger partial charge is 0.266 e. The number of hydrogen-bond acceptors (Lipinski definition) is 6. The van der Waals surface area contributed by atoms with Crippen LogP contribution in [0.5, 0.6) is 0 Å². The second-order valence-electron chi connectivity index (χ2n) is 6.87. The average molecular weight is 436 g/mol. The van der Waals surface area contributed by atoms with Crippen LogP contribution in [0.2, 0.25) is 5.02 Å². The van der Waals surface area contributed by atoms with Gasteiger partial charge in [-0.3, -0.25) is 4.79 Å². The molecular weight excluding hydrogens is 418 g/mol. The molecule has 1 aliphatic rings. The van der Waals surface area contributed by atoms with E-state index < -0.39 is 10.0 Å². The van der Waals surface area contributed by atoms with Crippen molar-refractivity contribution in [2.75, 3.05) is 4.72 Å². The van der Waals surface area contributed by atoms with Gasteiger partial charge in [-0.2, -0.15) is 0 Å². The van der Waals surface area contributed by atoms with E-state index in [4.69, 9.17) is 20.9 Å². The molecule has 0 aliphatic carbocycles. The molecule has 8 nitrogen and oxygen atoms in total. The van der Waals surface area contributed by atoms with E-state index in [1.165, 1.54) is 12.3 Å². The van der Waals surface area contributed by atoms with Crippen LogP contribution in [-0.2, 0) is 34.4 Å². The lowest BCUT2D eigenvalue weighted by Crippen LogP contribution is -2.17. The first-order chi connectivity index (χ1) is 13.8. The summed E-state index contributed by atoms with van der Waals surface area (Å²) in [5.74, 6) is -0.546. The van der Waals surface area contributed by atoms with Gasteiger partial charge in [0.2, 0.25) is 0 Å². The number of Topliss-reactive ketones (excluding diaryl/α,β-unsaturated/α-hetero) is 1. The maximum Gasteiger partial charge on any atom is 0.266 e. The van der Waals surface area contributed by atoms with Gasteiger partial charge in [0.05, 0.1) is 13.2 Å². The van der Waals surface area contributed by atoms with E-state index in [1.807, 2.05) is 19.1 Å². The highest BCUT2D eigenvalue weighted by Crippen LogP contribution is 2.29. The molecular formula is C19H18ClN3O5S. The second-order valence-corrected chi connectivity index (χ2v) is 8.90. The van der Waals surface area contributed by atoms with Crippen molar-refractivity contribution in [2.45, 2.75) is 38.4 Å². The van der Waals surface area contributed by atoms with Crippen LogP contribution in [0, 0.1) is 13.8 Å². The van der Waals surface area contributed by atoms with Gasteiger partial charge in [-0.1, -0.05) is 28.9 Å². The Labute approximate surface area is 172 Å². The molecule has 2 N–H and O–H groups in total. The number of aromatic nitrogens is 2. The lowest BCUT2D eigenvalue weighted by atomic mass is 9.97. The van der Waals surface area contributed by atoms with Crippen molar-refractivity contribution in [1.82, 2.24) is 10.1 Å². The number of carbonyl (C=O) groups is 1. The number of anilines is 1. The molecule has 3 aromatic rings. The van der Waals surface area contributed by atoms with Crippen molar-refractivity contribution in [3.05, 3.63) is 63.1 Å². The second kappa shape index (κ2) is 7.33. The molecule has 152 valence electrons. The summed E-state index contributed by atoms with van der Waals surface area (Å²) in [4.78, 5) is 15.5. The number of benzene rings is 1. The summed E-state index contributed by atoms with van der Waals surface area (Å²) in [7, 11) is -4.11.